The smallest absolute Gasteiger partial charge is 0.269 e. The van der Waals surface area contributed by atoms with E-state index in [1.54, 1.807) is 0 Å². The number of aliphatic hydroxyl groups is 1. The number of aromatic nitrogens is 2. The number of aryl methyl sites for hydroxylation is 1. The maximum Gasteiger partial charge on any atom is 0.269 e. The Bertz CT molecular complexity index is 1060. The van der Waals surface area contributed by atoms with Crippen LogP contribution >= 0.6 is 0 Å². The number of hydrogen-bond acceptors (Lipinski definition) is 5. The van der Waals surface area contributed by atoms with E-state index in [-0.39, 0.29) is 17.5 Å². The summed E-state index contributed by atoms with van der Waals surface area (Å²) in [5.41, 5.74) is 9.26. The fraction of sp³-hybridized carbons (Fsp3) is 0.577. The van der Waals surface area contributed by atoms with Crippen molar-refractivity contribution in [2.24, 2.45) is 11.7 Å². The van der Waals surface area contributed by atoms with Gasteiger partial charge in [0.05, 0.1) is 17.7 Å². The average Bonchev–Trinajstić information content (AvgIpc) is 3.21. The predicted octanol–water partition coefficient (Wildman–Crippen LogP) is 1.52. The third kappa shape index (κ3) is 4.74. The molecule has 34 heavy (non-hydrogen) atoms. The topological polar surface area (TPSA) is 105 Å². The molecule has 182 valence electrons. The van der Waals surface area contributed by atoms with Gasteiger partial charge in [0.1, 0.15) is 11.5 Å². The summed E-state index contributed by atoms with van der Waals surface area (Å²) in [7, 11) is 0. The molecule has 3 aliphatic heterocycles. The van der Waals surface area contributed by atoms with E-state index in [4.69, 9.17) is 5.73 Å². The number of nitrogens with two attached hydrogens (primary N) is 1. The zero-order valence-corrected chi connectivity index (χ0v) is 19.8. The summed E-state index contributed by atoms with van der Waals surface area (Å²) in [4.78, 5) is 34.1. The van der Waals surface area contributed by atoms with Crippen molar-refractivity contribution in [3.63, 3.8) is 0 Å². The molecule has 0 radical (unpaired) electrons. The van der Waals surface area contributed by atoms with Crippen LogP contribution in [0.15, 0.2) is 24.3 Å². The van der Waals surface area contributed by atoms with E-state index in [1.165, 1.54) is 17.5 Å². The van der Waals surface area contributed by atoms with Crippen LogP contribution in [-0.2, 0) is 37.1 Å². The summed E-state index contributed by atoms with van der Waals surface area (Å²) < 4.78 is 1.99. The van der Waals surface area contributed by atoms with Gasteiger partial charge in [0.25, 0.3) is 5.91 Å². The van der Waals surface area contributed by atoms with Crippen molar-refractivity contribution in [3.8, 4) is 0 Å². The molecule has 2 atom stereocenters. The zero-order chi connectivity index (χ0) is 23.7. The van der Waals surface area contributed by atoms with Crippen LogP contribution in [0.2, 0.25) is 0 Å². The lowest BCUT2D eigenvalue weighted by Crippen LogP contribution is -2.42. The largest absolute Gasteiger partial charge is 0.391 e. The van der Waals surface area contributed by atoms with Crippen LogP contribution in [0.25, 0.3) is 0 Å². The SMILES string of the molecule is NC(=O)c1nc2n(c1C[C@H](O)CN1CCc3ccccc3C1)CC(C(=O)N1CCCCC1)CC2. The summed E-state index contributed by atoms with van der Waals surface area (Å²) in [5.74, 6) is 0.314. The molecule has 4 heterocycles. The molecule has 5 rings (SSSR count). The van der Waals surface area contributed by atoms with Gasteiger partial charge in [-0.25, -0.2) is 4.98 Å². The van der Waals surface area contributed by atoms with Crippen LogP contribution in [-0.4, -0.2) is 68.6 Å². The van der Waals surface area contributed by atoms with Gasteiger partial charge < -0.3 is 20.3 Å². The molecule has 8 nitrogen and oxygen atoms in total. The quantitative estimate of drug-likeness (QED) is 0.673. The number of β-amino-alcohol motifs (C(OH)–C–C–N with tert-alkyl or cyclic N) is 1. The van der Waals surface area contributed by atoms with Crippen molar-refractivity contribution in [1.29, 1.82) is 0 Å². The first-order chi connectivity index (χ1) is 16.5. The second-order valence-electron chi connectivity index (χ2n) is 10.0. The maximum absolute atomic E-state index is 13.1. The number of rotatable bonds is 6. The summed E-state index contributed by atoms with van der Waals surface area (Å²) in [6, 6.07) is 8.44. The fourth-order valence-electron chi connectivity index (χ4n) is 5.83. The van der Waals surface area contributed by atoms with Gasteiger partial charge in [-0.3, -0.25) is 14.5 Å². The van der Waals surface area contributed by atoms with E-state index in [0.29, 0.717) is 31.6 Å². The number of likely N-dealkylation sites (tertiary alicyclic amines) is 1. The molecule has 8 heteroatoms. The lowest BCUT2D eigenvalue weighted by atomic mass is 9.96. The minimum atomic E-state index is -0.651. The molecule has 2 amide bonds. The highest BCUT2D eigenvalue weighted by Crippen LogP contribution is 2.27. The predicted molar refractivity (Wildman–Crippen MR) is 128 cm³/mol. The highest BCUT2D eigenvalue weighted by Gasteiger charge is 2.33. The maximum atomic E-state index is 13.1. The van der Waals surface area contributed by atoms with Crippen LogP contribution in [0.1, 0.15) is 58.8 Å². The Balaban J connectivity index is 1.29. The van der Waals surface area contributed by atoms with E-state index in [2.05, 4.69) is 34.1 Å². The number of carbonyl (C=O) groups excluding carboxylic acids is 2. The average molecular weight is 466 g/mol. The summed E-state index contributed by atoms with van der Waals surface area (Å²) in [5, 5.41) is 11.0. The molecule has 1 saturated heterocycles. The van der Waals surface area contributed by atoms with Gasteiger partial charge in [0.15, 0.2) is 0 Å². The number of carbonyl (C=O) groups is 2. The fourth-order valence-corrected chi connectivity index (χ4v) is 5.83. The van der Waals surface area contributed by atoms with E-state index < -0.39 is 12.0 Å². The molecular weight excluding hydrogens is 430 g/mol. The lowest BCUT2D eigenvalue weighted by molar-refractivity contribution is -0.137. The minimum Gasteiger partial charge on any atom is -0.391 e. The van der Waals surface area contributed by atoms with Crippen molar-refractivity contribution < 1.29 is 14.7 Å². The molecule has 0 bridgehead atoms. The number of amides is 2. The first-order valence-electron chi connectivity index (χ1n) is 12.6. The molecule has 1 unspecified atom stereocenters. The van der Waals surface area contributed by atoms with Crippen LogP contribution in [0.3, 0.4) is 0 Å². The normalized spacial score (nSPS) is 21.6. The molecule has 1 aromatic carbocycles. The molecular formula is C26H35N5O3. The number of primary amides is 1. The van der Waals surface area contributed by atoms with Crippen LogP contribution in [0.4, 0.5) is 0 Å². The third-order valence-electron chi connectivity index (χ3n) is 7.63. The van der Waals surface area contributed by atoms with E-state index >= 15 is 0 Å². The van der Waals surface area contributed by atoms with Gasteiger partial charge in [0, 0.05) is 52.1 Å². The Morgan fingerprint density at radius 3 is 2.62 bits per heavy atom. The lowest BCUT2D eigenvalue weighted by Gasteiger charge is -2.33. The number of fused-ring (bicyclic) bond motifs is 2. The third-order valence-corrected chi connectivity index (χ3v) is 7.63. The van der Waals surface area contributed by atoms with Crippen molar-refractivity contribution in [2.75, 3.05) is 26.2 Å². The zero-order valence-electron chi connectivity index (χ0n) is 19.8. The van der Waals surface area contributed by atoms with Crippen molar-refractivity contribution in [1.82, 2.24) is 19.4 Å². The van der Waals surface area contributed by atoms with E-state index in [0.717, 1.165) is 57.7 Å². The highest BCUT2D eigenvalue weighted by atomic mass is 16.3. The van der Waals surface area contributed by atoms with Crippen molar-refractivity contribution in [3.05, 3.63) is 52.6 Å². The second kappa shape index (κ2) is 9.88. The van der Waals surface area contributed by atoms with Crippen molar-refractivity contribution >= 4 is 11.8 Å². The Kier molecular flexibility index (Phi) is 6.70. The van der Waals surface area contributed by atoms with E-state index in [1.807, 2.05) is 9.47 Å². The standard InChI is InChI=1S/C26H35N5O3/c27-25(33)24-22(14-21(32)17-29-13-10-18-6-2-3-7-19(18)15-29)31-16-20(8-9-23(31)28-24)26(34)30-11-4-1-5-12-30/h2-3,6-7,20-21,32H,1,4-5,8-17H2,(H2,27,33)/t20?,21-/m0/s1. The number of imidazole rings is 1. The number of hydrogen-bond donors (Lipinski definition) is 2. The van der Waals surface area contributed by atoms with Gasteiger partial charge in [-0.15, -0.1) is 0 Å². The molecule has 2 aromatic rings. The van der Waals surface area contributed by atoms with Crippen LogP contribution < -0.4 is 5.73 Å². The first-order valence-corrected chi connectivity index (χ1v) is 12.6. The van der Waals surface area contributed by atoms with Gasteiger partial charge in [0.2, 0.25) is 5.91 Å². The van der Waals surface area contributed by atoms with Gasteiger partial charge in [-0.05, 0) is 43.2 Å². The molecule has 3 N–H and O–H groups in total. The number of benzene rings is 1. The molecule has 0 aliphatic carbocycles. The van der Waals surface area contributed by atoms with Crippen molar-refractivity contribution in [2.45, 2.75) is 64.1 Å². The number of piperidine rings is 1. The molecule has 3 aliphatic rings. The monoisotopic (exact) mass is 465 g/mol. The molecule has 1 aromatic heterocycles. The van der Waals surface area contributed by atoms with Crippen LogP contribution in [0.5, 0.6) is 0 Å². The first kappa shape index (κ1) is 23.1. The van der Waals surface area contributed by atoms with Gasteiger partial charge in [-0.1, -0.05) is 24.3 Å². The van der Waals surface area contributed by atoms with Gasteiger partial charge >= 0.3 is 0 Å². The molecule has 1 fully saturated rings. The molecule has 0 spiro atoms. The Labute approximate surface area is 200 Å². The molecule has 0 saturated carbocycles. The van der Waals surface area contributed by atoms with Crippen LogP contribution in [0, 0.1) is 5.92 Å². The summed E-state index contributed by atoms with van der Waals surface area (Å²) in [6.45, 7) is 4.40. The van der Waals surface area contributed by atoms with E-state index in [9.17, 15) is 14.7 Å². The summed E-state index contributed by atoms with van der Waals surface area (Å²) in [6.07, 6.45) is 5.32. The Morgan fingerprint density at radius 2 is 1.85 bits per heavy atom. The summed E-state index contributed by atoms with van der Waals surface area (Å²) >= 11 is 0. The Hall–Kier alpha value is -2.71. The Morgan fingerprint density at radius 1 is 1.09 bits per heavy atom. The minimum absolute atomic E-state index is 0.116. The number of nitrogens with zero attached hydrogens (tertiary/aromatic N) is 4. The number of aliphatic hydroxyl groups excluding tert-OH is 1. The van der Waals surface area contributed by atoms with Gasteiger partial charge in [-0.2, -0.15) is 0 Å². The second-order valence-corrected chi connectivity index (χ2v) is 10.0. The highest BCUT2D eigenvalue weighted by molar-refractivity contribution is 5.92.